The summed E-state index contributed by atoms with van der Waals surface area (Å²) in [7, 11) is 0. The van der Waals surface area contributed by atoms with Crippen LogP contribution in [-0.4, -0.2) is 0 Å². The van der Waals surface area contributed by atoms with E-state index in [-0.39, 0.29) is 0 Å². The third-order valence-electron chi connectivity index (χ3n) is 1.88. The fraction of sp³-hybridized carbons (Fsp3) is 0.250. The van der Waals surface area contributed by atoms with Gasteiger partial charge in [0.1, 0.15) is 0 Å². The van der Waals surface area contributed by atoms with Gasteiger partial charge in [0.15, 0.2) is 0 Å². The lowest BCUT2D eigenvalue weighted by Crippen LogP contribution is -1.89. The second-order valence-corrected chi connectivity index (χ2v) is 3.13. The molecule has 0 saturated heterocycles. The first-order valence-corrected chi connectivity index (χ1v) is 4.20. The van der Waals surface area contributed by atoms with Crippen LogP contribution in [0.25, 0.3) is 6.08 Å². The van der Waals surface area contributed by atoms with Crippen LogP contribution in [0.15, 0.2) is 36.6 Å². The van der Waals surface area contributed by atoms with Crippen molar-refractivity contribution in [2.24, 2.45) is 0 Å². The van der Waals surface area contributed by atoms with Gasteiger partial charge in [-0.3, -0.25) is 0 Å². The number of rotatable bonds is 2. The van der Waals surface area contributed by atoms with Crippen LogP contribution in [0.5, 0.6) is 0 Å². The molecule has 62 valence electrons. The Morgan fingerprint density at radius 2 is 2.00 bits per heavy atom. The van der Waals surface area contributed by atoms with E-state index in [0.29, 0.717) is 5.92 Å². The summed E-state index contributed by atoms with van der Waals surface area (Å²) < 4.78 is 0. The van der Waals surface area contributed by atoms with Crippen molar-refractivity contribution in [2.45, 2.75) is 19.8 Å². The maximum atomic E-state index is 3.58. The first-order chi connectivity index (χ1) is 5.75. The van der Waals surface area contributed by atoms with Crippen LogP contribution in [0.4, 0.5) is 0 Å². The average Bonchev–Trinajstić information content (AvgIpc) is 2.05. The molecule has 1 aromatic carbocycles. The van der Waals surface area contributed by atoms with Gasteiger partial charge in [0.05, 0.1) is 0 Å². The fourth-order valence-electron chi connectivity index (χ4n) is 1.28. The summed E-state index contributed by atoms with van der Waals surface area (Å²) in [6, 6.07) is 8.34. The van der Waals surface area contributed by atoms with Crippen LogP contribution < -0.4 is 0 Å². The molecule has 0 aliphatic heterocycles. The smallest absolute Gasteiger partial charge is 0.0131 e. The molecule has 0 aliphatic rings. The summed E-state index contributed by atoms with van der Waals surface area (Å²) in [4.78, 5) is 0. The van der Waals surface area contributed by atoms with Gasteiger partial charge < -0.3 is 0 Å². The molecule has 0 bridgehead atoms. The van der Waals surface area contributed by atoms with Gasteiger partial charge >= 0.3 is 0 Å². The summed E-state index contributed by atoms with van der Waals surface area (Å²) in [5, 5.41) is 0. The quantitative estimate of drug-likeness (QED) is 0.577. The number of benzene rings is 1. The molecule has 0 spiro atoms. The van der Waals surface area contributed by atoms with Gasteiger partial charge in [-0.2, -0.15) is 0 Å². The van der Waals surface area contributed by atoms with Gasteiger partial charge in [-0.1, -0.05) is 44.7 Å². The molecule has 0 nitrogen and oxygen atoms in total. The molecule has 0 heteroatoms. The van der Waals surface area contributed by atoms with E-state index in [1.807, 2.05) is 12.1 Å². The van der Waals surface area contributed by atoms with Crippen molar-refractivity contribution in [2.75, 3.05) is 0 Å². The highest BCUT2D eigenvalue weighted by atomic mass is 14.1. The predicted molar refractivity (Wildman–Crippen MR) is 54.1 cm³/mol. The molecule has 0 amide bonds. The first-order valence-electron chi connectivity index (χ1n) is 4.20. The Bertz CT molecular complexity index is 302. The van der Waals surface area contributed by atoms with E-state index in [1.165, 1.54) is 11.1 Å². The molecule has 0 aliphatic carbocycles. The zero-order valence-corrected chi connectivity index (χ0v) is 7.67. The van der Waals surface area contributed by atoms with E-state index in [4.69, 9.17) is 0 Å². The second kappa shape index (κ2) is 3.94. The van der Waals surface area contributed by atoms with E-state index < -0.39 is 0 Å². The molecule has 0 radical (unpaired) electrons. The molecular weight excluding hydrogens is 144 g/mol. The fourth-order valence-corrected chi connectivity index (χ4v) is 1.28. The van der Waals surface area contributed by atoms with Gasteiger partial charge in [0.25, 0.3) is 0 Å². The van der Waals surface area contributed by atoms with Gasteiger partial charge in [-0.15, -0.1) is 5.73 Å². The monoisotopic (exact) mass is 158 g/mol. The molecule has 0 atom stereocenters. The lowest BCUT2D eigenvalue weighted by Gasteiger charge is -2.07. The van der Waals surface area contributed by atoms with Crippen LogP contribution in [0.3, 0.4) is 0 Å². The minimum absolute atomic E-state index is 0.561. The third kappa shape index (κ3) is 1.87. The molecule has 0 N–H and O–H groups in total. The molecular formula is C12H14. The first kappa shape index (κ1) is 8.83. The van der Waals surface area contributed by atoms with Crippen LogP contribution in [0, 0.1) is 0 Å². The second-order valence-electron chi connectivity index (χ2n) is 3.13. The molecule has 0 unspecified atom stereocenters. The minimum atomic E-state index is 0.561. The summed E-state index contributed by atoms with van der Waals surface area (Å²) in [5.41, 5.74) is 5.38. The van der Waals surface area contributed by atoms with Crippen LogP contribution in [0.1, 0.15) is 30.9 Å². The van der Waals surface area contributed by atoms with Crippen LogP contribution in [-0.2, 0) is 0 Å². The largest absolute Gasteiger partial charge is 0.128 e. The van der Waals surface area contributed by atoms with Gasteiger partial charge in [0, 0.05) is 0 Å². The highest BCUT2D eigenvalue weighted by Crippen LogP contribution is 2.19. The minimum Gasteiger partial charge on any atom is -0.128 e. The Hall–Kier alpha value is -1.26. The van der Waals surface area contributed by atoms with Crippen molar-refractivity contribution in [1.29, 1.82) is 0 Å². The van der Waals surface area contributed by atoms with E-state index in [1.54, 1.807) is 0 Å². The Morgan fingerprint density at radius 1 is 1.33 bits per heavy atom. The standard InChI is InChI=1S/C12H14/c1-4-7-11-8-5-6-9-12(11)10(2)3/h5-10H,1H2,2-3H3. The molecule has 1 rings (SSSR count). The van der Waals surface area contributed by atoms with Crippen molar-refractivity contribution >= 4 is 6.08 Å². The maximum absolute atomic E-state index is 3.58. The van der Waals surface area contributed by atoms with E-state index in [0.717, 1.165) is 0 Å². The lowest BCUT2D eigenvalue weighted by atomic mass is 9.97. The van der Waals surface area contributed by atoms with Crippen molar-refractivity contribution in [3.63, 3.8) is 0 Å². The van der Waals surface area contributed by atoms with Crippen molar-refractivity contribution < 1.29 is 0 Å². The van der Waals surface area contributed by atoms with E-state index in [9.17, 15) is 0 Å². The zero-order chi connectivity index (χ0) is 8.97. The predicted octanol–water partition coefficient (Wildman–Crippen LogP) is 3.61. The van der Waals surface area contributed by atoms with Crippen molar-refractivity contribution in [3.05, 3.63) is 47.7 Å². The molecule has 0 aromatic heterocycles. The number of hydrogen-bond donors (Lipinski definition) is 0. The van der Waals surface area contributed by atoms with Crippen molar-refractivity contribution in [3.8, 4) is 0 Å². The van der Waals surface area contributed by atoms with Gasteiger partial charge in [0.2, 0.25) is 0 Å². The van der Waals surface area contributed by atoms with Crippen LogP contribution in [0.2, 0.25) is 0 Å². The number of hydrogen-bond acceptors (Lipinski definition) is 0. The Labute approximate surface area is 74.2 Å². The molecule has 12 heavy (non-hydrogen) atoms. The highest BCUT2D eigenvalue weighted by Gasteiger charge is 2.01. The SMILES string of the molecule is C=C=Cc1ccccc1C(C)C. The summed E-state index contributed by atoms with van der Waals surface area (Å²) >= 11 is 0. The average molecular weight is 158 g/mol. The molecule has 0 fully saturated rings. The Morgan fingerprint density at radius 3 is 2.58 bits per heavy atom. The highest BCUT2D eigenvalue weighted by molar-refractivity contribution is 5.53. The lowest BCUT2D eigenvalue weighted by molar-refractivity contribution is 0.864. The topological polar surface area (TPSA) is 0 Å². The van der Waals surface area contributed by atoms with E-state index in [2.05, 4.69) is 44.4 Å². The zero-order valence-electron chi connectivity index (χ0n) is 7.67. The summed E-state index contributed by atoms with van der Waals surface area (Å²) in [6.45, 7) is 7.96. The summed E-state index contributed by atoms with van der Waals surface area (Å²) in [5.74, 6) is 0.561. The summed E-state index contributed by atoms with van der Waals surface area (Å²) in [6.07, 6.45) is 1.93. The van der Waals surface area contributed by atoms with Gasteiger partial charge in [-0.25, -0.2) is 0 Å². The van der Waals surface area contributed by atoms with E-state index >= 15 is 0 Å². The van der Waals surface area contributed by atoms with Gasteiger partial charge in [-0.05, 0) is 23.1 Å². The van der Waals surface area contributed by atoms with Crippen molar-refractivity contribution in [1.82, 2.24) is 0 Å². The Balaban J connectivity index is 3.17. The Kier molecular flexibility index (Phi) is 2.90. The molecule has 1 aromatic rings. The maximum Gasteiger partial charge on any atom is -0.0131 e. The molecule has 0 heterocycles. The molecule has 0 saturated carbocycles. The third-order valence-corrected chi connectivity index (χ3v) is 1.88. The van der Waals surface area contributed by atoms with Crippen LogP contribution >= 0.6 is 0 Å². The normalized spacial score (nSPS) is 9.58.